The summed E-state index contributed by atoms with van der Waals surface area (Å²) in [5.41, 5.74) is 0.677. The first-order chi connectivity index (χ1) is 12.6. The van der Waals surface area contributed by atoms with E-state index in [9.17, 15) is 9.18 Å². The second-order valence-corrected chi connectivity index (χ2v) is 6.73. The first-order valence-electron chi connectivity index (χ1n) is 8.53. The van der Waals surface area contributed by atoms with Crippen LogP contribution in [0.3, 0.4) is 0 Å². The van der Waals surface area contributed by atoms with Gasteiger partial charge in [0.15, 0.2) is 6.10 Å². The summed E-state index contributed by atoms with van der Waals surface area (Å²) in [4.78, 5) is 12.3. The molecule has 26 heavy (non-hydrogen) atoms. The van der Waals surface area contributed by atoms with E-state index in [1.54, 1.807) is 43.1 Å². The molecule has 1 amide bonds. The number of carbonyl (C=O) groups is 1. The zero-order valence-electron chi connectivity index (χ0n) is 15.0. The highest BCUT2D eigenvalue weighted by molar-refractivity contribution is 7.98. The Kier molecular flexibility index (Phi) is 8.28. The van der Waals surface area contributed by atoms with Crippen molar-refractivity contribution in [3.63, 3.8) is 0 Å². The molecule has 0 fully saturated rings. The fourth-order valence-corrected chi connectivity index (χ4v) is 3.16. The molecule has 1 atom stereocenters. The average Bonchev–Trinajstić information content (AvgIpc) is 2.67. The van der Waals surface area contributed by atoms with Gasteiger partial charge in [-0.2, -0.15) is 11.8 Å². The van der Waals surface area contributed by atoms with E-state index in [1.807, 2.05) is 25.1 Å². The summed E-state index contributed by atoms with van der Waals surface area (Å²) in [5.74, 6) is 2.22. The van der Waals surface area contributed by atoms with Crippen LogP contribution in [0.25, 0.3) is 0 Å². The lowest BCUT2D eigenvalue weighted by Gasteiger charge is -2.17. The van der Waals surface area contributed by atoms with Gasteiger partial charge < -0.3 is 14.8 Å². The van der Waals surface area contributed by atoms with Crippen molar-refractivity contribution in [1.82, 2.24) is 5.32 Å². The van der Waals surface area contributed by atoms with E-state index in [0.29, 0.717) is 41.5 Å². The summed E-state index contributed by atoms with van der Waals surface area (Å²) < 4.78 is 24.4. The van der Waals surface area contributed by atoms with Gasteiger partial charge in [-0.3, -0.25) is 4.79 Å². The molecule has 140 valence electrons. The van der Waals surface area contributed by atoms with E-state index in [0.717, 1.165) is 0 Å². The van der Waals surface area contributed by atoms with E-state index in [-0.39, 0.29) is 11.7 Å². The van der Waals surface area contributed by atoms with E-state index in [4.69, 9.17) is 9.47 Å². The number of methoxy groups -OCH3 is 1. The topological polar surface area (TPSA) is 47.6 Å². The van der Waals surface area contributed by atoms with Crippen LogP contribution in [0, 0.1) is 5.82 Å². The number of rotatable bonds is 10. The molecule has 0 aromatic heterocycles. The fourth-order valence-electron chi connectivity index (χ4n) is 2.32. The van der Waals surface area contributed by atoms with Gasteiger partial charge >= 0.3 is 0 Å². The number of hydrogen-bond donors (Lipinski definition) is 1. The van der Waals surface area contributed by atoms with Crippen LogP contribution in [0.15, 0.2) is 48.5 Å². The van der Waals surface area contributed by atoms with E-state index in [2.05, 4.69) is 5.32 Å². The Balaban J connectivity index is 1.73. The second-order valence-electron chi connectivity index (χ2n) is 5.63. The maximum atomic E-state index is 13.5. The number of ether oxygens (including phenoxy) is 2. The van der Waals surface area contributed by atoms with E-state index < -0.39 is 6.10 Å². The molecular weight excluding hydrogens is 353 g/mol. The maximum Gasteiger partial charge on any atom is 0.261 e. The van der Waals surface area contributed by atoms with Gasteiger partial charge in [-0.15, -0.1) is 0 Å². The predicted octanol–water partition coefficient (Wildman–Crippen LogP) is 4.04. The molecule has 1 N–H and O–H groups in total. The van der Waals surface area contributed by atoms with Gasteiger partial charge in [-0.25, -0.2) is 4.39 Å². The first kappa shape index (κ1) is 20.1. The summed E-state index contributed by atoms with van der Waals surface area (Å²) in [5, 5.41) is 2.87. The Labute approximate surface area is 158 Å². The SMILES string of the molecule is CCC(Oc1cccc(OC)c1)C(=O)NCCSCc1ccccc1F. The van der Waals surface area contributed by atoms with Crippen LogP contribution in [0.1, 0.15) is 18.9 Å². The Morgan fingerprint density at radius 3 is 2.69 bits per heavy atom. The Hall–Kier alpha value is -2.21. The van der Waals surface area contributed by atoms with Crippen LogP contribution in [-0.4, -0.2) is 31.4 Å². The van der Waals surface area contributed by atoms with Crippen molar-refractivity contribution < 1.29 is 18.7 Å². The van der Waals surface area contributed by atoms with Gasteiger partial charge in [-0.05, 0) is 30.2 Å². The van der Waals surface area contributed by atoms with Crippen LogP contribution in [0.5, 0.6) is 11.5 Å². The number of thioether (sulfide) groups is 1. The smallest absolute Gasteiger partial charge is 0.261 e. The van der Waals surface area contributed by atoms with Gasteiger partial charge in [0.1, 0.15) is 17.3 Å². The lowest BCUT2D eigenvalue weighted by Crippen LogP contribution is -2.39. The van der Waals surface area contributed by atoms with E-state index in [1.165, 1.54) is 6.07 Å². The Bertz CT molecular complexity index is 711. The van der Waals surface area contributed by atoms with Crippen LogP contribution in [0.2, 0.25) is 0 Å². The zero-order chi connectivity index (χ0) is 18.8. The van der Waals surface area contributed by atoms with Crippen molar-refractivity contribution >= 4 is 17.7 Å². The molecule has 0 aliphatic carbocycles. The van der Waals surface area contributed by atoms with Gasteiger partial charge in [0.05, 0.1) is 7.11 Å². The number of hydrogen-bond acceptors (Lipinski definition) is 4. The molecule has 0 saturated heterocycles. The number of nitrogens with one attached hydrogen (secondary N) is 1. The lowest BCUT2D eigenvalue weighted by atomic mass is 10.2. The van der Waals surface area contributed by atoms with Crippen molar-refractivity contribution in [2.75, 3.05) is 19.4 Å². The Morgan fingerprint density at radius 1 is 1.19 bits per heavy atom. The van der Waals surface area contributed by atoms with Gasteiger partial charge in [0, 0.05) is 24.1 Å². The fraction of sp³-hybridized carbons (Fsp3) is 0.350. The first-order valence-corrected chi connectivity index (χ1v) is 9.69. The average molecular weight is 377 g/mol. The highest BCUT2D eigenvalue weighted by Crippen LogP contribution is 2.20. The molecule has 0 heterocycles. The molecule has 2 aromatic rings. The number of benzene rings is 2. The molecule has 0 spiro atoms. The van der Waals surface area contributed by atoms with Crippen molar-refractivity contribution in [3.05, 3.63) is 59.9 Å². The monoisotopic (exact) mass is 377 g/mol. The third kappa shape index (κ3) is 6.26. The minimum Gasteiger partial charge on any atom is -0.497 e. The van der Waals surface area contributed by atoms with Crippen molar-refractivity contribution in [1.29, 1.82) is 0 Å². The molecule has 2 aromatic carbocycles. The standard InChI is InChI=1S/C20H24FNO3S/c1-3-19(25-17-9-6-8-16(13-17)24-2)20(23)22-11-12-26-14-15-7-4-5-10-18(15)21/h4-10,13,19H,3,11-12,14H2,1-2H3,(H,22,23). The second kappa shape index (κ2) is 10.7. The van der Waals surface area contributed by atoms with Crippen LogP contribution < -0.4 is 14.8 Å². The molecule has 2 rings (SSSR count). The third-order valence-electron chi connectivity index (χ3n) is 3.74. The normalized spacial score (nSPS) is 11.7. The van der Waals surface area contributed by atoms with Crippen LogP contribution in [0.4, 0.5) is 4.39 Å². The quantitative estimate of drug-likeness (QED) is 0.635. The summed E-state index contributed by atoms with van der Waals surface area (Å²) >= 11 is 1.58. The van der Waals surface area contributed by atoms with Crippen LogP contribution >= 0.6 is 11.8 Å². The van der Waals surface area contributed by atoms with Crippen LogP contribution in [-0.2, 0) is 10.5 Å². The predicted molar refractivity (Wildman–Crippen MR) is 103 cm³/mol. The molecule has 0 bridgehead atoms. The molecular formula is C20H24FNO3S. The largest absolute Gasteiger partial charge is 0.497 e. The molecule has 0 aliphatic rings. The summed E-state index contributed by atoms with van der Waals surface area (Å²) in [6.45, 7) is 2.41. The molecule has 0 saturated carbocycles. The highest BCUT2D eigenvalue weighted by Gasteiger charge is 2.18. The van der Waals surface area contributed by atoms with Gasteiger partial charge in [-0.1, -0.05) is 31.2 Å². The highest BCUT2D eigenvalue weighted by atomic mass is 32.2. The molecule has 0 radical (unpaired) electrons. The number of amides is 1. The molecule has 1 unspecified atom stereocenters. The summed E-state index contributed by atoms with van der Waals surface area (Å²) in [6.07, 6.45) is 0.00414. The Morgan fingerprint density at radius 2 is 1.96 bits per heavy atom. The summed E-state index contributed by atoms with van der Waals surface area (Å²) in [7, 11) is 1.59. The minimum absolute atomic E-state index is 0.151. The lowest BCUT2D eigenvalue weighted by molar-refractivity contribution is -0.127. The third-order valence-corrected chi connectivity index (χ3v) is 4.75. The molecule has 0 aliphatic heterocycles. The van der Waals surface area contributed by atoms with Crippen molar-refractivity contribution in [3.8, 4) is 11.5 Å². The van der Waals surface area contributed by atoms with Gasteiger partial charge in [0.25, 0.3) is 5.91 Å². The minimum atomic E-state index is -0.557. The number of halogens is 1. The van der Waals surface area contributed by atoms with Crippen molar-refractivity contribution in [2.24, 2.45) is 0 Å². The molecule has 4 nitrogen and oxygen atoms in total. The number of carbonyl (C=O) groups excluding carboxylic acids is 1. The summed E-state index contributed by atoms with van der Waals surface area (Å²) in [6, 6.07) is 13.9. The maximum absolute atomic E-state index is 13.5. The van der Waals surface area contributed by atoms with Gasteiger partial charge in [0.2, 0.25) is 0 Å². The molecule has 6 heteroatoms. The van der Waals surface area contributed by atoms with Crippen molar-refractivity contribution in [2.45, 2.75) is 25.2 Å². The van der Waals surface area contributed by atoms with E-state index >= 15 is 0 Å². The zero-order valence-corrected chi connectivity index (χ0v) is 15.9.